The summed E-state index contributed by atoms with van der Waals surface area (Å²) in [5.74, 6) is 2.09. The summed E-state index contributed by atoms with van der Waals surface area (Å²) in [7, 11) is 0. The first-order chi connectivity index (χ1) is 3.93. The van der Waals surface area contributed by atoms with Crippen LogP contribution in [0.4, 0.5) is 0 Å². The van der Waals surface area contributed by atoms with E-state index in [1.54, 1.807) is 0 Å². The quantitative estimate of drug-likeness (QED) is 0.455. The third-order valence-corrected chi connectivity index (χ3v) is 3.04. The molecule has 1 heteroatoms. The largest absolute Gasteiger partial charge is 0.374 e. The third-order valence-electron chi connectivity index (χ3n) is 3.04. The molecular formula is C7H10O. The van der Waals surface area contributed by atoms with E-state index >= 15 is 0 Å². The van der Waals surface area contributed by atoms with E-state index in [0.29, 0.717) is 0 Å². The highest BCUT2D eigenvalue weighted by Crippen LogP contribution is 2.55. The van der Waals surface area contributed by atoms with Crippen LogP contribution >= 0.6 is 0 Å². The minimum Gasteiger partial charge on any atom is -0.374 e. The molecule has 2 atom stereocenters. The number of hydrogen-bond donors (Lipinski definition) is 0. The Morgan fingerprint density at radius 3 is 2.00 bits per heavy atom. The van der Waals surface area contributed by atoms with Gasteiger partial charge in [-0.2, -0.15) is 0 Å². The van der Waals surface area contributed by atoms with E-state index in [2.05, 4.69) is 0 Å². The summed E-state index contributed by atoms with van der Waals surface area (Å²) in [6.45, 7) is 0. The van der Waals surface area contributed by atoms with Gasteiger partial charge >= 0.3 is 0 Å². The predicted octanol–water partition coefficient (Wildman–Crippen LogP) is 1.18. The number of rotatable bonds is 0. The topological polar surface area (TPSA) is 9.23 Å². The van der Waals surface area contributed by atoms with Crippen molar-refractivity contribution in [3.8, 4) is 0 Å². The SMILES string of the molecule is C1C2CC3OC1C3C2. The lowest BCUT2D eigenvalue weighted by Gasteiger charge is -2.41. The predicted molar refractivity (Wildman–Crippen MR) is 29.5 cm³/mol. The summed E-state index contributed by atoms with van der Waals surface area (Å²) in [5, 5.41) is 0. The number of hydrogen-bond acceptors (Lipinski definition) is 1. The Morgan fingerprint density at radius 2 is 1.75 bits per heavy atom. The first-order valence-corrected chi connectivity index (χ1v) is 3.59. The van der Waals surface area contributed by atoms with Gasteiger partial charge in [-0.1, -0.05) is 0 Å². The van der Waals surface area contributed by atoms with Crippen molar-refractivity contribution >= 4 is 0 Å². The Hall–Kier alpha value is -0.0400. The highest BCUT2D eigenvalue weighted by atomic mass is 16.5. The first-order valence-electron chi connectivity index (χ1n) is 3.59. The molecule has 2 bridgehead atoms. The van der Waals surface area contributed by atoms with Gasteiger partial charge < -0.3 is 4.74 Å². The molecule has 1 saturated heterocycles. The zero-order chi connectivity index (χ0) is 5.14. The van der Waals surface area contributed by atoms with Gasteiger partial charge in [0.1, 0.15) is 0 Å². The summed E-state index contributed by atoms with van der Waals surface area (Å²) in [6.07, 6.45) is 5.72. The molecule has 1 aliphatic heterocycles. The van der Waals surface area contributed by atoms with Crippen LogP contribution in [-0.4, -0.2) is 12.2 Å². The Labute approximate surface area is 49.0 Å². The maximum Gasteiger partial charge on any atom is 0.0634 e. The van der Waals surface area contributed by atoms with Gasteiger partial charge in [-0.3, -0.25) is 0 Å². The Balaban J connectivity index is 2.03. The third kappa shape index (κ3) is 0.255. The Kier molecular flexibility index (Phi) is 0.472. The van der Waals surface area contributed by atoms with Crippen molar-refractivity contribution in [2.75, 3.05) is 0 Å². The second-order valence-electron chi connectivity index (χ2n) is 3.45. The fraction of sp³-hybridized carbons (Fsp3) is 1.00. The van der Waals surface area contributed by atoms with Crippen molar-refractivity contribution in [1.82, 2.24) is 0 Å². The molecule has 2 aliphatic carbocycles. The normalized spacial score (nSPS) is 66.0. The minimum atomic E-state index is 0.721. The smallest absolute Gasteiger partial charge is 0.0634 e. The second-order valence-corrected chi connectivity index (χ2v) is 3.45. The van der Waals surface area contributed by atoms with Crippen LogP contribution in [0.15, 0.2) is 0 Å². The fourth-order valence-electron chi connectivity index (χ4n) is 2.67. The van der Waals surface area contributed by atoms with Crippen LogP contribution in [0.1, 0.15) is 19.3 Å². The maximum atomic E-state index is 5.53. The monoisotopic (exact) mass is 110 g/mol. The van der Waals surface area contributed by atoms with Crippen LogP contribution < -0.4 is 0 Å². The van der Waals surface area contributed by atoms with Crippen molar-refractivity contribution in [3.05, 3.63) is 0 Å². The molecule has 3 rings (SSSR count). The summed E-state index contributed by atoms with van der Waals surface area (Å²) in [4.78, 5) is 0. The zero-order valence-corrected chi connectivity index (χ0v) is 4.84. The molecule has 1 nitrogen and oxygen atoms in total. The van der Waals surface area contributed by atoms with E-state index in [-0.39, 0.29) is 0 Å². The fourth-order valence-corrected chi connectivity index (χ4v) is 2.67. The lowest BCUT2D eigenvalue weighted by molar-refractivity contribution is -0.177. The molecule has 0 aromatic rings. The van der Waals surface area contributed by atoms with Crippen LogP contribution in [0.2, 0.25) is 0 Å². The molecule has 0 spiro atoms. The molecule has 0 aromatic carbocycles. The van der Waals surface area contributed by atoms with Crippen molar-refractivity contribution < 1.29 is 4.74 Å². The van der Waals surface area contributed by atoms with Gasteiger partial charge in [0, 0.05) is 5.92 Å². The standard InChI is InChI=1S/C7H10O/c1-4-2-6-5(1)7(3-4)8-6/h4-7H,1-3H2. The van der Waals surface area contributed by atoms with E-state index < -0.39 is 0 Å². The number of fused-ring (bicyclic) bond motifs is 1. The molecule has 3 fully saturated rings. The summed E-state index contributed by atoms with van der Waals surface area (Å²) in [6, 6.07) is 0. The van der Waals surface area contributed by atoms with E-state index in [1.165, 1.54) is 19.3 Å². The summed E-state index contributed by atoms with van der Waals surface area (Å²) >= 11 is 0. The molecular weight excluding hydrogens is 100 g/mol. The molecule has 2 unspecified atom stereocenters. The zero-order valence-electron chi connectivity index (χ0n) is 4.84. The highest BCUT2D eigenvalue weighted by molar-refractivity contribution is 5.04. The maximum absolute atomic E-state index is 5.53. The minimum absolute atomic E-state index is 0.721. The van der Waals surface area contributed by atoms with E-state index in [0.717, 1.165) is 24.0 Å². The highest BCUT2D eigenvalue weighted by Gasteiger charge is 2.55. The molecule has 3 aliphatic rings. The molecule has 0 amide bonds. The molecule has 44 valence electrons. The second kappa shape index (κ2) is 0.971. The van der Waals surface area contributed by atoms with Gasteiger partial charge in [-0.25, -0.2) is 0 Å². The first kappa shape index (κ1) is 3.89. The van der Waals surface area contributed by atoms with Gasteiger partial charge in [0.25, 0.3) is 0 Å². The van der Waals surface area contributed by atoms with Gasteiger partial charge in [0.2, 0.25) is 0 Å². The van der Waals surface area contributed by atoms with E-state index in [1.807, 2.05) is 0 Å². The molecule has 0 N–H and O–H groups in total. The van der Waals surface area contributed by atoms with Crippen molar-refractivity contribution in [2.24, 2.45) is 11.8 Å². The van der Waals surface area contributed by atoms with E-state index in [4.69, 9.17) is 4.74 Å². The molecule has 2 saturated carbocycles. The van der Waals surface area contributed by atoms with Crippen LogP contribution in [0, 0.1) is 11.8 Å². The Morgan fingerprint density at radius 1 is 1.00 bits per heavy atom. The van der Waals surface area contributed by atoms with Gasteiger partial charge in [0.05, 0.1) is 12.2 Å². The van der Waals surface area contributed by atoms with Crippen LogP contribution in [-0.2, 0) is 4.74 Å². The van der Waals surface area contributed by atoms with Gasteiger partial charge in [0.15, 0.2) is 0 Å². The van der Waals surface area contributed by atoms with Crippen LogP contribution in [0.5, 0.6) is 0 Å². The van der Waals surface area contributed by atoms with Crippen molar-refractivity contribution in [3.63, 3.8) is 0 Å². The van der Waals surface area contributed by atoms with Crippen molar-refractivity contribution in [1.29, 1.82) is 0 Å². The number of ether oxygens (including phenoxy) is 1. The Bertz CT molecular complexity index is 118. The lowest BCUT2D eigenvalue weighted by Crippen LogP contribution is -2.46. The van der Waals surface area contributed by atoms with Gasteiger partial charge in [-0.05, 0) is 25.2 Å². The average molecular weight is 110 g/mol. The lowest BCUT2D eigenvalue weighted by atomic mass is 9.89. The van der Waals surface area contributed by atoms with E-state index in [9.17, 15) is 0 Å². The molecule has 0 radical (unpaired) electrons. The summed E-state index contributed by atoms with van der Waals surface area (Å²) in [5.41, 5.74) is 0. The molecule has 0 aromatic heterocycles. The average Bonchev–Trinajstić information content (AvgIpc) is 2.23. The van der Waals surface area contributed by atoms with Crippen molar-refractivity contribution in [2.45, 2.75) is 31.5 Å². The molecule has 1 heterocycles. The van der Waals surface area contributed by atoms with Crippen LogP contribution in [0.3, 0.4) is 0 Å². The van der Waals surface area contributed by atoms with Crippen LogP contribution in [0.25, 0.3) is 0 Å². The van der Waals surface area contributed by atoms with Gasteiger partial charge in [-0.15, -0.1) is 0 Å². The summed E-state index contributed by atoms with van der Waals surface area (Å²) < 4.78 is 5.53. The molecule has 8 heavy (non-hydrogen) atoms.